The van der Waals surface area contributed by atoms with E-state index in [4.69, 9.17) is 11.6 Å². The third-order valence-corrected chi connectivity index (χ3v) is 4.40. The molecule has 0 spiro atoms. The van der Waals surface area contributed by atoms with Crippen LogP contribution in [0.3, 0.4) is 0 Å². The van der Waals surface area contributed by atoms with Crippen LogP contribution in [0.2, 0.25) is 5.02 Å². The van der Waals surface area contributed by atoms with Gasteiger partial charge in [0.1, 0.15) is 0 Å². The van der Waals surface area contributed by atoms with E-state index in [1.165, 1.54) is 10.4 Å². The van der Waals surface area contributed by atoms with E-state index in [0.29, 0.717) is 23.8 Å². The maximum absolute atomic E-state index is 12.5. The first-order valence-electron chi connectivity index (χ1n) is 8.39. The second-order valence-corrected chi connectivity index (χ2v) is 6.34. The maximum Gasteiger partial charge on any atom is 0.247 e. The lowest BCUT2D eigenvalue weighted by Crippen LogP contribution is -2.35. The average Bonchev–Trinajstić information content (AvgIpc) is 3.12. The summed E-state index contributed by atoms with van der Waals surface area (Å²) in [5.74, 6) is 0.381. The lowest BCUT2D eigenvalue weighted by atomic mass is 10.1. The molecule has 1 amide bonds. The minimum atomic E-state index is -0.476. The predicted octanol–water partition coefficient (Wildman–Crippen LogP) is 2.40. The summed E-state index contributed by atoms with van der Waals surface area (Å²) in [4.78, 5) is 13.9. The van der Waals surface area contributed by atoms with Crippen LogP contribution in [0.1, 0.15) is 25.8 Å². The number of halogens is 2. The maximum atomic E-state index is 12.5. The molecule has 1 aliphatic heterocycles. The molecule has 1 unspecified atom stereocenters. The van der Waals surface area contributed by atoms with Crippen LogP contribution in [0, 0.1) is 0 Å². The van der Waals surface area contributed by atoms with Crippen LogP contribution >= 0.6 is 24.0 Å². The molecule has 1 aromatic carbocycles. The van der Waals surface area contributed by atoms with Gasteiger partial charge in [0.2, 0.25) is 11.7 Å². The van der Waals surface area contributed by atoms with Crippen molar-refractivity contribution in [2.45, 2.75) is 25.8 Å². The molecule has 9 heteroatoms. The first-order chi connectivity index (χ1) is 12.2. The summed E-state index contributed by atoms with van der Waals surface area (Å²) in [6, 6.07) is 6.72. The zero-order valence-electron chi connectivity index (χ0n) is 14.5. The zero-order valence-corrected chi connectivity index (χ0v) is 16.1. The Morgan fingerprint density at radius 3 is 2.81 bits per heavy atom. The molecular formula is C17H22Cl2N6O. The molecule has 7 nitrogen and oxygen atoms in total. The number of nitrogens with one attached hydrogen (secondary N) is 2. The van der Waals surface area contributed by atoms with Gasteiger partial charge in [0, 0.05) is 23.7 Å². The van der Waals surface area contributed by atoms with Crippen LogP contribution in [0.15, 0.2) is 35.9 Å². The van der Waals surface area contributed by atoms with E-state index in [-0.39, 0.29) is 18.3 Å². The van der Waals surface area contributed by atoms with Crippen molar-refractivity contribution in [1.82, 2.24) is 30.8 Å². The van der Waals surface area contributed by atoms with Gasteiger partial charge in [0.15, 0.2) is 6.04 Å². The summed E-state index contributed by atoms with van der Waals surface area (Å²) in [5.41, 5.74) is 2.06. The number of hydrogen-bond donors (Lipinski definition) is 2. The third-order valence-electron chi connectivity index (χ3n) is 4.15. The Balaban J connectivity index is 0.00000243. The highest BCUT2D eigenvalue weighted by atomic mass is 35.5. The Morgan fingerprint density at radius 1 is 1.38 bits per heavy atom. The first kappa shape index (κ1) is 20.4. The Kier molecular flexibility index (Phi) is 7.56. The van der Waals surface area contributed by atoms with Crippen molar-refractivity contribution in [2.24, 2.45) is 0 Å². The Morgan fingerprint density at radius 2 is 2.15 bits per heavy atom. The van der Waals surface area contributed by atoms with Crippen molar-refractivity contribution in [3.05, 3.63) is 40.9 Å². The molecule has 0 saturated heterocycles. The topological polar surface area (TPSA) is 84.7 Å². The highest BCUT2D eigenvalue weighted by Crippen LogP contribution is 2.18. The number of benzene rings is 1. The van der Waals surface area contributed by atoms with Crippen molar-refractivity contribution in [3.63, 3.8) is 0 Å². The molecular weight excluding hydrogens is 375 g/mol. The summed E-state index contributed by atoms with van der Waals surface area (Å²) >= 11 is 5.89. The van der Waals surface area contributed by atoms with Crippen LogP contribution in [0.5, 0.6) is 0 Å². The van der Waals surface area contributed by atoms with Crippen LogP contribution in [-0.4, -0.2) is 45.7 Å². The van der Waals surface area contributed by atoms with Crippen molar-refractivity contribution >= 4 is 29.9 Å². The van der Waals surface area contributed by atoms with Gasteiger partial charge in [-0.25, -0.2) is 0 Å². The number of nitrogens with zero attached hydrogens (tertiary/aromatic N) is 4. The SMILES string of the molecule is CCC(C(=O)NCC1=CCNCC1)n1nnc(-c2ccc(Cl)cc2)n1.Cl. The summed E-state index contributed by atoms with van der Waals surface area (Å²) in [7, 11) is 0. The molecule has 140 valence electrons. The second kappa shape index (κ2) is 9.66. The van der Waals surface area contributed by atoms with E-state index in [2.05, 4.69) is 32.1 Å². The van der Waals surface area contributed by atoms with Gasteiger partial charge >= 0.3 is 0 Å². The fourth-order valence-electron chi connectivity index (χ4n) is 2.67. The molecule has 1 aliphatic rings. The largest absolute Gasteiger partial charge is 0.350 e. The van der Waals surface area contributed by atoms with Crippen molar-refractivity contribution < 1.29 is 4.79 Å². The summed E-state index contributed by atoms with van der Waals surface area (Å²) in [5, 5.41) is 19.4. The molecule has 26 heavy (non-hydrogen) atoms. The minimum Gasteiger partial charge on any atom is -0.350 e. The van der Waals surface area contributed by atoms with Crippen molar-refractivity contribution in [1.29, 1.82) is 0 Å². The number of carbonyl (C=O) groups excluding carboxylic acids is 1. The average molecular weight is 397 g/mol. The van der Waals surface area contributed by atoms with E-state index >= 15 is 0 Å². The monoisotopic (exact) mass is 396 g/mol. The number of rotatable bonds is 6. The lowest BCUT2D eigenvalue weighted by Gasteiger charge is -2.17. The third kappa shape index (κ3) is 5.03. The molecule has 0 saturated carbocycles. The number of hydrogen-bond acceptors (Lipinski definition) is 5. The molecule has 0 aliphatic carbocycles. The van der Waals surface area contributed by atoms with Gasteiger partial charge in [0.05, 0.1) is 0 Å². The highest BCUT2D eigenvalue weighted by Gasteiger charge is 2.22. The Hall–Kier alpha value is -1.96. The number of aromatic nitrogens is 4. The van der Waals surface area contributed by atoms with Crippen molar-refractivity contribution in [2.75, 3.05) is 19.6 Å². The molecule has 2 N–H and O–H groups in total. The van der Waals surface area contributed by atoms with Gasteiger partial charge in [-0.1, -0.05) is 30.2 Å². The van der Waals surface area contributed by atoms with Gasteiger partial charge in [0.25, 0.3) is 0 Å². The number of carbonyl (C=O) groups is 1. The molecule has 1 atom stereocenters. The molecule has 0 bridgehead atoms. The lowest BCUT2D eigenvalue weighted by molar-refractivity contribution is -0.124. The zero-order chi connectivity index (χ0) is 17.6. The molecule has 2 heterocycles. The molecule has 2 aromatic rings. The standard InChI is InChI=1S/C17H21ClN6O.ClH/c1-2-15(17(25)20-11-12-7-9-19-10-8-12)24-22-16(21-23-24)13-3-5-14(18)6-4-13;/h3-7,15,19H,2,8-11H2,1H3,(H,20,25);1H. The van der Waals surface area contributed by atoms with E-state index in [1.807, 2.05) is 19.1 Å². The van der Waals surface area contributed by atoms with Crippen LogP contribution in [0.4, 0.5) is 0 Å². The van der Waals surface area contributed by atoms with Crippen LogP contribution < -0.4 is 10.6 Å². The smallest absolute Gasteiger partial charge is 0.247 e. The first-order valence-corrected chi connectivity index (χ1v) is 8.77. The van der Waals surface area contributed by atoms with Gasteiger partial charge in [-0.2, -0.15) is 4.80 Å². The fourth-order valence-corrected chi connectivity index (χ4v) is 2.80. The molecule has 1 aromatic heterocycles. The van der Waals surface area contributed by atoms with Crippen molar-refractivity contribution in [3.8, 4) is 11.4 Å². The minimum absolute atomic E-state index is 0. The summed E-state index contributed by atoms with van der Waals surface area (Å²) in [6.45, 7) is 4.31. The molecule has 0 radical (unpaired) electrons. The summed E-state index contributed by atoms with van der Waals surface area (Å²) in [6.07, 6.45) is 3.67. The van der Waals surface area contributed by atoms with Crippen LogP contribution in [-0.2, 0) is 4.79 Å². The van der Waals surface area contributed by atoms with E-state index in [0.717, 1.165) is 25.1 Å². The van der Waals surface area contributed by atoms with Gasteiger partial charge in [-0.15, -0.1) is 22.6 Å². The van der Waals surface area contributed by atoms with Gasteiger partial charge in [-0.05, 0) is 48.9 Å². The normalized spacial score (nSPS) is 14.9. The van der Waals surface area contributed by atoms with E-state index < -0.39 is 6.04 Å². The van der Waals surface area contributed by atoms with E-state index in [9.17, 15) is 4.79 Å². The fraction of sp³-hybridized carbons (Fsp3) is 0.412. The highest BCUT2D eigenvalue weighted by molar-refractivity contribution is 6.30. The van der Waals surface area contributed by atoms with Crippen LogP contribution in [0.25, 0.3) is 11.4 Å². The quantitative estimate of drug-likeness (QED) is 0.732. The Bertz CT molecular complexity index is 759. The number of amides is 1. The molecule has 3 rings (SSSR count). The summed E-state index contributed by atoms with van der Waals surface area (Å²) < 4.78 is 0. The van der Waals surface area contributed by atoms with Gasteiger partial charge < -0.3 is 10.6 Å². The Labute approximate surface area is 163 Å². The predicted molar refractivity (Wildman–Crippen MR) is 103 cm³/mol. The van der Waals surface area contributed by atoms with Gasteiger partial charge in [-0.3, -0.25) is 4.79 Å². The number of tetrazole rings is 1. The second-order valence-electron chi connectivity index (χ2n) is 5.90. The van der Waals surface area contributed by atoms with E-state index in [1.54, 1.807) is 12.1 Å². The molecule has 0 fully saturated rings.